The van der Waals surface area contributed by atoms with Gasteiger partial charge in [-0.05, 0) is 23.9 Å². The third kappa shape index (κ3) is 1.67. The van der Waals surface area contributed by atoms with Crippen LogP contribution in [-0.2, 0) is 0 Å². The Morgan fingerprint density at radius 3 is 3.00 bits per heavy atom. The molecule has 0 bridgehead atoms. The Kier molecular flexibility index (Phi) is 2.82. The van der Waals surface area contributed by atoms with E-state index in [0.29, 0.717) is 5.92 Å². The summed E-state index contributed by atoms with van der Waals surface area (Å²) in [5, 5.41) is 11.1. The van der Waals surface area contributed by atoms with Gasteiger partial charge in [-0.25, -0.2) is 0 Å². The van der Waals surface area contributed by atoms with Gasteiger partial charge in [0.1, 0.15) is 6.04 Å². The monoisotopic (exact) mass is 207 g/mol. The van der Waals surface area contributed by atoms with Gasteiger partial charge in [0.2, 0.25) is 0 Å². The van der Waals surface area contributed by atoms with Crippen molar-refractivity contribution < 1.29 is 0 Å². The highest BCUT2D eigenvalue weighted by molar-refractivity contribution is 7.10. The van der Waals surface area contributed by atoms with E-state index >= 15 is 0 Å². The van der Waals surface area contributed by atoms with E-state index in [9.17, 15) is 0 Å². The highest BCUT2D eigenvalue weighted by Gasteiger charge is 2.32. The van der Waals surface area contributed by atoms with Crippen LogP contribution >= 0.6 is 11.3 Å². The molecule has 0 radical (unpaired) electrons. The van der Waals surface area contributed by atoms with Crippen LogP contribution in [0.5, 0.6) is 0 Å². The zero-order chi connectivity index (χ0) is 9.97. The predicted molar refractivity (Wildman–Crippen MR) is 56.8 cm³/mol. The van der Waals surface area contributed by atoms with Gasteiger partial charge in [0, 0.05) is 18.0 Å². The van der Waals surface area contributed by atoms with Crippen LogP contribution < -0.4 is 5.73 Å². The first-order chi connectivity index (χ1) is 6.85. The van der Waals surface area contributed by atoms with E-state index in [2.05, 4.69) is 11.0 Å². The molecule has 1 fully saturated rings. The number of likely N-dealkylation sites (tertiary alicyclic amines) is 1. The lowest BCUT2D eigenvalue weighted by molar-refractivity contribution is 0.0812. The molecular weight excluding hydrogens is 194 g/mol. The third-order valence-corrected chi connectivity index (χ3v) is 3.54. The molecule has 1 aliphatic rings. The van der Waals surface area contributed by atoms with Gasteiger partial charge < -0.3 is 5.73 Å². The second kappa shape index (κ2) is 4.09. The summed E-state index contributed by atoms with van der Waals surface area (Å²) in [5.74, 6) is 0.589. The van der Waals surface area contributed by atoms with Crippen LogP contribution in [0.3, 0.4) is 0 Å². The standard InChI is InChI=1S/C10H13N3S/c11-4-8-6-13(7-8)9(5-12)10-2-1-3-14-10/h1-3,8-9H,4,6-7,11H2. The van der Waals surface area contributed by atoms with Gasteiger partial charge in [-0.1, -0.05) is 6.07 Å². The summed E-state index contributed by atoms with van der Waals surface area (Å²) < 4.78 is 0. The van der Waals surface area contributed by atoms with Crippen molar-refractivity contribution in [3.63, 3.8) is 0 Å². The summed E-state index contributed by atoms with van der Waals surface area (Å²) in [6, 6.07) is 6.30. The van der Waals surface area contributed by atoms with Crippen LogP contribution in [0, 0.1) is 17.2 Å². The second-order valence-corrected chi connectivity index (χ2v) is 4.58. The third-order valence-electron chi connectivity index (χ3n) is 2.62. The zero-order valence-electron chi connectivity index (χ0n) is 7.89. The lowest BCUT2D eigenvalue weighted by atomic mass is 9.98. The van der Waals surface area contributed by atoms with Gasteiger partial charge in [-0.3, -0.25) is 4.90 Å². The quantitative estimate of drug-likeness (QED) is 0.810. The molecule has 4 heteroatoms. The second-order valence-electron chi connectivity index (χ2n) is 3.60. The van der Waals surface area contributed by atoms with Crippen LogP contribution in [0.2, 0.25) is 0 Å². The van der Waals surface area contributed by atoms with Crippen molar-refractivity contribution in [2.45, 2.75) is 6.04 Å². The van der Waals surface area contributed by atoms with Gasteiger partial charge in [0.15, 0.2) is 0 Å². The molecule has 1 atom stereocenters. The summed E-state index contributed by atoms with van der Waals surface area (Å²) in [4.78, 5) is 3.33. The Bertz CT molecular complexity index is 322. The van der Waals surface area contributed by atoms with Crippen LogP contribution in [-0.4, -0.2) is 24.5 Å². The van der Waals surface area contributed by atoms with E-state index in [1.165, 1.54) is 0 Å². The van der Waals surface area contributed by atoms with E-state index in [0.717, 1.165) is 24.5 Å². The maximum atomic E-state index is 9.08. The Balaban J connectivity index is 2.00. The van der Waals surface area contributed by atoms with E-state index in [1.54, 1.807) is 11.3 Å². The van der Waals surface area contributed by atoms with Crippen molar-refractivity contribution in [3.8, 4) is 6.07 Å². The fraction of sp³-hybridized carbons (Fsp3) is 0.500. The van der Waals surface area contributed by atoms with Crippen LogP contribution in [0.25, 0.3) is 0 Å². The maximum Gasteiger partial charge on any atom is 0.133 e. The van der Waals surface area contributed by atoms with Crippen molar-refractivity contribution in [1.29, 1.82) is 5.26 Å². The normalized spacial score (nSPS) is 20.0. The zero-order valence-corrected chi connectivity index (χ0v) is 8.70. The first-order valence-corrected chi connectivity index (χ1v) is 5.60. The molecule has 2 heterocycles. The van der Waals surface area contributed by atoms with Crippen LogP contribution in [0.15, 0.2) is 17.5 Å². The largest absolute Gasteiger partial charge is 0.330 e. The minimum absolute atomic E-state index is 0.0576. The first kappa shape index (κ1) is 9.66. The molecule has 1 saturated heterocycles. The molecular formula is C10H13N3S. The molecule has 2 N–H and O–H groups in total. The first-order valence-electron chi connectivity index (χ1n) is 4.72. The number of thiophene rings is 1. The average Bonchev–Trinajstić information content (AvgIpc) is 2.62. The van der Waals surface area contributed by atoms with Crippen molar-refractivity contribution in [3.05, 3.63) is 22.4 Å². The van der Waals surface area contributed by atoms with Gasteiger partial charge in [0.25, 0.3) is 0 Å². The van der Waals surface area contributed by atoms with Crippen molar-refractivity contribution in [2.75, 3.05) is 19.6 Å². The Morgan fingerprint density at radius 2 is 2.50 bits per heavy atom. The van der Waals surface area contributed by atoms with Gasteiger partial charge in [0.05, 0.1) is 6.07 Å². The molecule has 1 aromatic heterocycles. The summed E-state index contributed by atoms with van der Waals surface area (Å²) >= 11 is 1.65. The Morgan fingerprint density at radius 1 is 1.71 bits per heavy atom. The van der Waals surface area contributed by atoms with E-state index in [-0.39, 0.29) is 6.04 Å². The number of hydrogen-bond acceptors (Lipinski definition) is 4. The molecule has 3 nitrogen and oxygen atoms in total. The summed E-state index contributed by atoms with van der Waals surface area (Å²) in [7, 11) is 0. The lowest BCUT2D eigenvalue weighted by Gasteiger charge is -2.41. The topological polar surface area (TPSA) is 53.0 Å². The maximum absolute atomic E-state index is 9.08. The van der Waals surface area contributed by atoms with Gasteiger partial charge in [-0.15, -0.1) is 11.3 Å². The molecule has 74 valence electrons. The molecule has 0 amide bonds. The fourth-order valence-electron chi connectivity index (χ4n) is 1.74. The molecule has 1 aromatic rings. The predicted octanol–water partition coefficient (Wildman–Crippen LogP) is 1.20. The van der Waals surface area contributed by atoms with Crippen LogP contribution in [0.4, 0.5) is 0 Å². The SMILES string of the molecule is N#CC(c1cccs1)N1CC(CN)C1. The average molecular weight is 207 g/mol. The molecule has 1 aliphatic heterocycles. The lowest BCUT2D eigenvalue weighted by Crippen LogP contribution is -2.50. The highest BCUT2D eigenvalue weighted by Crippen LogP contribution is 2.30. The number of hydrogen-bond donors (Lipinski definition) is 1. The molecule has 0 aromatic carbocycles. The molecule has 0 spiro atoms. The molecule has 0 saturated carbocycles. The Labute approximate surface area is 87.7 Å². The van der Waals surface area contributed by atoms with E-state index in [1.807, 2.05) is 17.5 Å². The number of rotatable bonds is 3. The summed E-state index contributed by atoms with van der Waals surface area (Å²) in [6.07, 6.45) is 0. The van der Waals surface area contributed by atoms with Gasteiger partial charge in [-0.2, -0.15) is 5.26 Å². The van der Waals surface area contributed by atoms with Crippen molar-refractivity contribution in [1.82, 2.24) is 4.90 Å². The van der Waals surface area contributed by atoms with Crippen LogP contribution in [0.1, 0.15) is 10.9 Å². The number of nitrogens with two attached hydrogens (primary N) is 1. The van der Waals surface area contributed by atoms with Crippen molar-refractivity contribution in [2.24, 2.45) is 11.7 Å². The van der Waals surface area contributed by atoms with Crippen molar-refractivity contribution >= 4 is 11.3 Å². The summed E-state index contributed by atoms with van der Waals surface area (Å²) in [5.41, 5.74) is 5.55. The minimum atomic E-state index is -0.0576. The number of nitriles is 1. The summed E-state index contributed by atoms with van der Waals surface area (Å²) in [6.45, 7) is 2.67. The number of nitrogens with zero attached hydrogens (tertiary/aromatic N) is 2. The van der Waals surface area contributed by atoms with E-state index < -0.39 is 0 Å². The molecule has 14 heavy (non-hydrogen) atoms. The smallest absolute Gasteiger partial charge is 0.133 e. The highest BCUT2D eigenvalue weighted by atomic mass is 32.1. The molecule has 0 aliphatic carbocycles. The molecule has 2 rings (SSSR count). The minimum Gasteiger partial charge on any atom is -0.330 e. The fourth-order valence-corrected chi connectivity index (χ4v) is 2.54. The van der Waals surface area contributed by atoms with Gasteiger partial charge >= 0.3 is 0 Å². The van der Waals surface area contributed by atoms with E-state index in [4.69, 9.17) is 11.0 Å². The Hall–Kier alpha value is -0.890. The molecule has 1 unspecified atom stereocenters.